The Morgan fingerprint density at radius 3 is 2.51 bits per heavy atom. The Labute approximate surface area is 226 Å². The van der Waals surface area contributed by atoms with Gasteiger partial charge >= 0.3 is 0 Å². The molecule has 2 heterocycles. The van der Waals surface area contributed by atoms with E-state index in [2.05, 4.69) is 21.7 Å². The zero-order valence-corrected chi connectivity index (χ0v) is 21.7. The zero-order chi connectivity index (χ0) is 27.2. The molecule has 0 bridgehead atoms. The number of aromatic nitrogens is 2. The van der Waals surface area contributed by atoms with E-state index in [-0.39, 0.29) is 24.1 Å². The molecule has 0 aliphatic carbocycles. The van der Waals surface area contributed by atoms with Crippen LogP contribution < -0.4 is 10.6 Å². The van der Waals surface area contributed by atoms with Gasteiger partial charge < -0.3 is 15.2 Å². The third-order valence-corrected chi connectivity index (χ3v) is 6.51. The number of hydrogen-bond acceptors (Lipinski definition) is 3. The molecular formula is C32H29FN4O2. The number of halogens is 1. The van der Waals surface area contributed by atoms with Gasteiger partial charge in [0.05, 0.1) is 6.42 Å². The number of benzene rings is 3. The van der Waals surface area contributed by atoms with E-state index in [0.29, 0.717) is 30.9 Å². The normalized spacial score (nSPS) is 10.9. The van der Waals surface area contributed by atoms with Crippen molar-refractivity contribution in [2.45, 2.75) is 26.3 Å². The highest BCUT2D eigenvalue weighted by Crippen LogP contribution is 2.25. The topological polar surface area (TPSA) is 76.0 Å². The van der Waals surface area contributed by atoms with Crippen LogP contribution in [0.4, 0.5) is 10.1 Å². The molecule has 0 aliphatic rings. The number of hydrogen-bond donors (Lipinski definition) is 2. The van der Waals surface area contributed by atoms with Gasteiger partial charge in [0.25, 0.3) is 5.91 Å². The minimum Gasteiger partial charge on any atom is -0.350 e. The molecule has 6 nitrogen and oxygen atoms in total. The SMILES string of the molecule is Cc1cccc(Cn2c(C(=O)NCCc3ccccn3)cc3cc(NC(=O)Cc4ccc(F)cc4)ccc32)c1. The minimum atomic E-state index is -0.337. The van der Waals surface area contributed by atoms with E-state index in [1.807, 2.05) is 72.2 Å². The van der Waals surface area contributed by atoms with Gasteiger partial charge in [0.2, 0.25) is 5.91 Å². The molecule has 5 aromatic rings. The highest BCUT2D eigenvalue weighted by molar-refractivity contribution is 6.01. The van der Waals surface area contributed by atoms with Crippen LogP contribution in [0.2, 0.25) is 0 Å². The molecule has 0 saturated carbocycles. The Hall–Kier alpha value is -4.78. The van der Waals surface area contributed by atoms with E-state index in [9.17, 15) is 14.0 Å². The predicted molar refractivity (Wildman–Crippen MR) is 151 cm³/mol. The van der Waals surface area contributed by atoms with E-state index in [1.54, 1.807) is 18.3 Å². The third kappa shape index (κ3) is 6.57. The third-order valence-electron chi connectivity index (χ3n) is 6.51. The summed E-state index contributed by atoms with van der Waals surface area (Å²) in [5.74, 6) is -0.708. The standard InChI is InChI=1S/C32H29FN4O2/c1-22-5-4-6-24(17-22)21-37-29-13-12-28(36-31(38)18-23-8-10-26(33)11-9-23)19-25(29)20-30(37)32(39)35-16-14-27-7-2-3-15-34-27/h2-13,15,17,19-20H,14,16,18,21H2,1H3,(H,35,39)(H,36,38). The van der Waals surface area contributed by atoms with Crippen molar-refractivity contribution in [1.82, 2.24) is 14.9 Å². The van der Waals surface area contributed by atoms with Crippen LogP contribution >= 0.6 is 0 Å². The Balaban J connectivity index is 1.38. The highest BCUT2D eigenvalue weighted by atomic mass is 19.1. The number of carbonyl (C=O) groups excluding carboxylic acids is 2. The molecule has 0 radical (unpaired) electrons. The lowest BCUT2D eigenvalue weighted by atomic mass is 10.1. The van der Waals surface area contributed by atoms with Crippen molar-refractivity contribution in [3.8, 4) is 0 Å². The molecule has 39 heavy (non-hydrogen) atoms. The van der Waals surface area contributed by atoms with Crippen LogP contribution in [0.15, 0.2) is 97.2 Å². The summed E-state index contributed by atoms with van der Waals surface area (Å²) < 4.78 is 15.2. The van der Waals surface area contributed by atoms with Gasteiger partial charge in [-0.15, -0.1) is 0 Å². The number of nitrogens with one attached hydrogen (secondary N) is 2. The number of fused-ring (bicyclic) bond motifs is 1. The van der Waals surface area contributed by atoms with E-state index >= 15 is 0 Å². The second-order valence-electron chi connectivity index (χ2n) is 9.56. The van der Waals surface area contributed by atoms with Gasteiger partial charge in [-0.25, -0.2) is 4.39 Å². The molecule has 0 unspecified atom stereocenters. The maximum Gasteiger partial charge on any atom is 0.267 e. The van der Waals surface area contributed by atoms with Crippen LogP contribution in [0.25, 0.3) is 10.9 Å². The zero-order valence-electron chi connectivity index (χ0n) is 21.7. The Bertz CT molecular complexity index is 1610. The van der Waals surface area contributed by atoms with Crippen molar-refractivity contribution < 1.29 is 14.0 Å². The van der Waals surface area contributed by atoms with Gasteiger partial charge in [0, 0.05) is 48.0 Å². The van der Waals surface area contributed by atoms with Crippen molar-refractivity contribution in [1.29, 1.82) is 0 Å². The number of carbonyl (C=O) groups is 2. The number of nitrogens with zero attached hydrogens (tertiary/aromatic N) is 2. The maximum absolute atomic E-state index is 13.3. The summed E-state index contributed by atoms with van der Waals surface area (Å²) >= 11 is 0. The molecule has 196 valence electrons. The summed E-state index contributed by atoms with van der Waals surface area (Å²) in [6, 6.07) is 27.3. The summed E-state index contributed by atoms with van der Waals surface area (Å²) in [4.78, 5) is 30.3. The molecule has 7 heteroatoms. The van der Waals surface area contributed by atoms with Crippen molar-refractivity contribution in [3.63, 3.8) is 0 Å². The summed E-state index contributed by atoms with van der Waals surface area (Å²) in [6.07, 6.45) is 2.51. The molecule has 2 amide bonds. The van der Waals surface area contributed by atoms with Crippen LogP contribution in [0, 0.1) is 12.7 Å². The quantitative estimate of drug-likeness (QED) is 0.262. The lowest BCUT2D eigenvalue weighted by molar-refractivity contribution is -0.115. The molecule has 5 rings (SSSR count). The minimum absolute atomic E-state index is 0.136. The Kier molecular flexibility index (Phi) is 7.78. The first-order chi connectivity index (χ1) is 18.9. The van der Waals surface area contributed by atoms with Crippen molar-refractivity contribution in [2.75, 3.05) is 11.9 Å². The number of aryl methyl sites for hydroxylation is 1. The van der Waals surface area contributed by atoms with E-state index < -0.39 is 0 Å². The fourth-order valence-corrected chi connectivity index (χ4v) is 4.63. The Morgan fingerprint density at radius 2 is 1.74 bits per heavy atom. The van der Waals surface area contributed by atoms with E-state index in [0.717, 1.165) is 33.3 Å². The van der Waals surface area contributed by atoms with Crippen LogP contribution in [0.5, 0.6) is 0 Å². The number of rotatable bonds is 9. The fraction of sp³-hybridized carbons (Fsp3) is 0.156. The monoisotopic (exact) mass is 520 g/mol. The van der Waals surface area contributed by atoms with E-state index in [4.69, 9.17) is 0 Å². The van der Waals surface area contributed by atoms with Gasteiger partial charge in [-0.05, 0) is 66.6 Å². The highest BCUT2D eigenvalue weighted by Gasteiger charge is 2.17. The molecule has 0 spiro atoms. The summed E-state index contributed by atoms with van der Waals surface area (Å²) in [5, 5.41) is 6.79. The van der Waals surface area contributed by atoms with Gasteiger partial charge in [-0.2, -0.15) is 0 Å². The van der Waals surface area contributed by atoms with Crippen LogP contribution in [-0.4, -0.2) is 27.9 Å². The molecule has 0 fully saturated rings. The smallest absolute Gasteiger partial charge is 0.267 e. The second-order valence-corrected chi connectivity index (χ2v) is 9.56. The van der Waals surface area contributed by atoms with Crippen LogP contribution in [-0.2, 0) is 24.2 Å². The van der Waals surface area contributed by atoms with Crippen LogP contribution in [0.1, 0.15) is 32.9 Å². The molecule has 2 aromatic heterocycles. The predicted octanol–water partition coefficient (Wildman–Crippen LogP) is 5.69. The first-order valence-corrected chi connectivity index (χ1v) is 12.9. The maximum atomic E-state index is 13.3. The average molecular weight is 521 g/mol. The second kappa shape index (κ2) is 11.7. The lowest BCUT2D eigenvalue weighted by Gasteiger charge is -2.12. The van der Waals surface area contributed by atoms with Crippen LogP contribution in [0.3, 0.4) is 0 Å². The van der Waals surface area contributed by atoms with Gasteiger partial charge in [0.1, 0.15) is 11.5 Å². The van der Waals surface area contributed by atoms with Crippen molar-refractivity contribution in [3.05, 3.63) is 131 Å². The molecule has 0 saturated heterocycles. The summed E-state index contributed by atoms with van der Waals surface area (Å²) in [6.45, 7) is 3.04. The molecule has 0 atom stereocenters. The fourth-order valence-electron chi connectivity index (χ4n) is 4.63. The van der Waals surface area contributed by atoms with Gasteiger partial charge in [-0.3, -0.25) is 14.6 Å². The average Bonchev–Trinajstić information content (AvgIpc) is 3.28. The van der Waals surface area contributed by atoms with Crippen molar-refractivity contribution in [2.24, 2.45) is 0 Å². The largest absolute Gasteiger partial charge is 0.350 e. The number of anilines is 1. The van der Waals surface area contributed by atoms with Crippen molar-refractivity contribution >= 4 is 28.4 Å². The Morgan fingerprint density at radius 1 is 0.897 bits per heavy atom. The molecule has 2 N–H and O–H groups in total. The first-order valence-electron chi connectivity index (χ1n) is 12.9. The first kappa shape index (κ1) is 25.9. The lowest BCUT2D eigenvalue weighted by Crippen LogP contribution is -2.28. The molecule has 3 aromatic carbocycles. The number of pyridine rings is 1. The van der Waals surface area contributed by atoms with Gasteiger partial charge in [-0.1, -0.05) is 48.0 Å². The van der Waals surface area contributed by atoms with E-state index in [1.165, 1.54) is 12.1 Å². The summed E-state index contributed by atoms with van der Waals surface area (Å²) in [5.41, 5.74) is 5.95. The van der Waals surface area contributed by atoms with Gasteiger partial charge in [0.15, 0.2) is 0 Å². The molecule has 0 aliphatic heterocycles. The molecular weight excluding hydrogens is 491 g/mol. The summed E-state index contributed by atoms with van der Waals surface area (Å²) in [7, 11) is 0. The number of amides is 2.